The molecule has 0 amide bonds. The maximum absolute atomic E-state index is 5.44. The summed E-state index contributed by atoms with van der Waals surface area (Å²) < 4.78 is 5.44. The Morgan fingerprint density at radius 2 is 1.54 bits per heavy atom. The average molecular weight is 374 g/mol. The van der Waals surface area contributed by atoms with Gasteiger partial charge in [-0.3, -0.25) is 0 Å². The molecule has 0 saturated carbocycles. The SMILES string of the molecule is COc1ccccc1-c1ccc(N2CCCN(c3ccccc3C)CC2)nn1. The molecule has 1 saturated heterocycles. The van der Waals surface area contributed by atoms with Gasteiger partial charge < -0.3 is 14.5 Å². The topological polar surface area (TPSA) is 41.5 Å². The molecule has 0 N–H and O–H groups in total. The maximum atomic E-state index is 5.44. The Labute approximate surface area is 166 Å². The highest BCUT2D eigenvalue weighted by atomic mass is 16.5. The van der Waals surface area contributed by atoms with E-state index < -0.39 is 0 Å². The third-order valence-corrected chi connectivity index (χ3v) is 5.31. The molecule has 4 rings (SSSR count). The monoisotopic (exact) mass is 374 g/mol. The molecule has 0 bridgehead atoms. The lowest BCUT2D eigenvalue weighted by atomic mass is 10.1. The molecule has 0 aliphatic carbocycles. The standard InChI is InChI=1S/C23H26N4O/c1-18-8-3-5-10-21(18)26-14-7-15-27(17-16-26)23-13-12-20(24-25-23)19-9-4-6-11-22(19)28-2/h3-6,8-13H,7,14-17H2,1-2H3. The number of rotatable bonds is 4. The van der Waals surface area contributed by atoms with Crippen LogP contribution < -0.4 is 14.5 Å². The van der Waals surface area contributed by atoms with Crippen molar-refractivity contribution in [2.75, 3.05) is 43.1 Å². The summed E-state index contributed by atoms with van der Waals surface area (Å²) in [5.74, 6) is 1.75. The first kappa shape index (κ1) is 18.3. The third-order valence-electron chi connectivity index (χ3n) is 5.31. The van der Waals surface area contributed by atoms with Gasteiger partial charge >= 0.3 is 0 Å². The van der Waals surface area contributed by atoms with Crippen LogP contribution in [0.2, 0.25) is 0 Å². The van der Waals surface area contributed by atoms with E-state index in [2.05, 4.69) is 57.3 Å². The van der Waals surface area contributed by atoms with E-state index in [0.717, 1.165) is 55.4 Å². The number of hydrogen-bond acceptors (Lipinski definition) is 5. The minimum Gasteiger partial charge on any atom is -0.496 e. The van der Waals surface area contributed by atoms with Crippen LogP contribution in [0.4, 0.5) is 11.5 Å². The molecule has 0 radical (unpaired) electrons. The number of anilines is 2. The molecule has 2 aromatic carbocycles. The second kappa shape index (κ2) is 8.30. The van der Waals surface area contributed by atoms with Crippen molar-refractivity contribution in [1.29, 1.82) is 0 Å². The summed E-state index contributed by atoms with van der Waals surface area (Å²) >= 11 is 0. The van der Waals surface area contributed by atoms with E-state index in [0.29, 0.717) is 0 Å². The van der Waals surface area contributed by atoms with E-state index in [1.54, 1.807) is 7.11 Å². The van der Waals surface area contributed by atoms with Crippen LogP contribution in [0.3, 0.4) is 0 Å². The number of nitrogens with zero attached hydrogens (tertiary/aromatic N) is 4. The number of aromatic nitrogens is 2. The summed E-state index contributed by atoms with van der Waals surface area (Å²) in [6.07, 6.45) is 1.10. The normalized spacial score (nSPS) is 14.6. The lowest BCUT2D eigenvalue weighted by Gasteiger charge is -2.25. The van der Waals surface area contributed by atoms with E-state index in [9.17, 15) is 0 Å². The minimum absolute atomic E-state index is 0.813. The predicted molar refractivity (Wildman–Crippen MR) is 114 cm³/mol. The van der Waals surface area contributed by atoms with Gasteiger partial charge in [0.2, 0.25) is 0 Å². The van der Waals surface area contributed by atoms with E-state index >= 15 is 0 Å². The minimum atomic E-state index is 0.813. The van der Waals surface area contributed by atoms with Crippen LogP contribution in [0.5, 0.6) is 5.75 Å². The van der Waals surface area contributed by atoms with Gasteiger partial charge in [0, 0.05) is 37.4 Å². The van der Waals surface area contributed by atoms with Crippen molar-refractivity contribution in [3.63, 3.8) is 0 Å². The molecule has 1 aliphatic heterocycles. The average Bonchev–Trinajstić information content (AvgIpc) is 3.00. The lowest BCUT2D eigenvalue weighted by Crippen LogP contribution is -2.31. The Hall–Kier alpha value is -3.08. The first-order chi connectivity index (χ1) is 13.8. The molecule has 28 heavy (non-hydrogen) atoms. The van der Waals surface area contributed by atoms with Crippen molar-refractivity contribution in [2.45, 2.75) is 13.3 Å². The molecule has 1 aromatic heterocycles. The predicted octanol–water partition coefficient (Wildman–Crippen LogP) is 4.18. The number of para-hydroxylation sites is 2. The summed E-state index contributed by atoms with van der Waals surface area (Å²) in [4.78, 5) is 4.81. The number of hydrogen-bond donors (Lipinski definition) is 0. The fraction of sp³-hybridized carbons (Fsp3) is 0.304. The Bertz CT molecular complexity index is 926. The van der Waals surface area contributed by atoms with Gasteiger partial charge in [-0.2, -0.15) is 0 Å². The lowest BCUT2D eigenvalue weighted by molar-refractivity contribution is 0.416. The first-order valence-electron chi connectivity index (χ1n) is 9.79. The molecule has 0 atom stereocenters. The summed E-state index contributed by atoms with van der Waals surface area (Å²) in [5, 5.41) is 8.98. The highest BCUT2D eigenvalue weighted by molar-refractivity contribution is 5.67. The molecule has 3 aromatic rings. The number of aryl methyl sites for hydroxylation is 1. The summed E-state index contributed by atoms with van der Waals surface area (Å²) in [6, 6.07) is 20.6. The largest absolute Gasteiger partial charge is 0.496 e. The van der Waals surface area contributed by atoms with Gasteiger partial charge in [0.15, 0.2) is 5.82 Å². The summed E-state index contributed by atoms with van der Waals surface area (Å²) in [7, 11) is 1.68. The summed E-state index contributed by atoms with van der Waals surface area (Å²) in [6.45, 7) is 6.16. The van der Waals surface area contributed by atoms with Crippen molar-refractivity contribution >= 4 is 11.5 Å². The van der Waals surface area contributed by atoms with Gasteiger partial charge in [-0.25, -0.2) is 0 Å². The van der Waals surface area contributed by atoms with Crippen LogP contribution in [-0.2, 0) is 0 Å². The zero-order valence-corrected chi connectivity index (χ0v) is 16.5. The van der Waals surface area contributed by atoms with E-state index in [1.807, 2.05) is 30.3 Å². The number of ether oxygens (including phenoxy) is 1. The fourth-order valence-electron chi connectivity index (χ4n) is 3.80. The van der Waals surface area contributed by atoms with Crippen molar-refractivity contribution < 1.29 is 4.74 Å². The van der Waals surface area contributed by atoms with Crippen LogP contribution in [0, 0.1) is 6.92 Å². The zero-order valence-electron chi connectivity index (χ0n) is 16.5. The van der Waals surface area contributed by atoms with Crippen LogP contribution in [0.25, 0.3) is 11.3 Å². The van der Waals surface area contributed by atoms with E-state index in [-0.39, 0.29) is 0 Å². The van der Waals surface area contributed by atoms with Crippen molar-refractivity contribution in [2.24, 2.45) is 0 Å². The van der Waals surface area contributed by atoms with Gasteiger partial charge in [-0.05, 0) is 49.2 Å². The second-order valence-corrected chi connectivity index (χ2v) is 7.09. The molecule has 0 unspecified atom stereocenters. The third kappa shape index (κ3) is 3.79. The number of benzene rings is 2. The quantitative estimate of drug-likeness (QED) is 0.685. The Kier molecular flexibility index (Phi) is 5.42. The molecule has 1 aliphatic rings. The molecule has 5 heteroatoms. The molecular formula is C23H26N4O. The molecule has 2 heterocycles. The highest BCUT2D eigenvalue weighted by Gasteiger charge is 2.18. The van der Waals surface area contributed by atoms with Crippen LogP contribution in [-0.4, -0.2) is 43.5 Å². The van der Waals surface area contributed by atoms with Crippen molar-refractivity contribution in [1.82, 2.24) is 10.2 Å². The van der Waals surface area contributed by atoms with Crippen molar-refractivity contribution in [3.8, 4) is 17.0 Å². The zero-order chi connectivity index (χ0) is 19.3. The number of methoxy groups -OCH3 is 1. The van der Waals surface area contributed by atoms with Gasteiger partial charge in [0.1, 0.15) is 5.75 Å². The van der Waals surface area contributed by atoms with Gasteiger partial charge in [0.25, 0.3) is 0 Å². The second-order valence-electron chi connectivity index (χ2n) is 7.09. The summed E-state index contributed by atoms with van der Waals surface area (Å²) in [5.41, 5.74) is 4.46. The first-order valence-corrected chi connectivity index (χ1v) is 9.79. The molecule has 0 spiro atoms. The molecular weight excluding hydrogens is 348 g/mol. The van der Waals surface area contributed by atoms with Gasteiger partial charge in [-0.1, -0.05) is 30.3 Å². The van der Waals surface area contributed by atoms with Crippen LogP contribution in [0.15, 0.2) is 60.7 Å². The maximum Gasteiger partial charge on any atom is 0.151 e. The molecule has 144 valence electrons. The Balaban J connectivity index is 1.48. The van der Waals surface area contributed by atoms with Gasteiger partial charge in [0.05, 0.1) is 12.8 Å². The van der Waals surface area contributed by atoms with E-state index in [4.69, 9.17) is 4.74 Å². The molecule has 5 nitrogen and oxygen atoms in total. The molecule has 1 fully saturated rings. The van der Waals surface area contributed by atoms with Crippen LogP contribution >= 0.6 is 0 Å². The smallest absolute Gasteiger partial charge is 0.151 e. The Morgan fingerprint density at radius 3 is 2.32 bits per heavy atom. The highest BCUT2D eigenvalue weighted by Crippen LogP contribution is 2.28. The Morgan fingerprint density at radius 1 is 0.786 bits per heavy atom. The van der Waals surface area contributed by atoms with Crippen molar-refractivity contribution in [3.05, 3.63) is 66.2 Å². The van der Waals surface area contributed by atoms with Crippen LogP contribution in [0.1, 0.15) is 12.0 Å². The van der Waals surface area contributed by atoms with E-state index in [1.165, 1.54) is 11.3 Å². The fourth-order valence-corrected chi connectivity index (χ4v) is 3.80. The van der Waals surface area contributed by atoms with Gasteiger partial charge in [-0.15, -0.1) is 10.2 Å².